The van der Waals surface area contributed by atoms with Crippen LogP contribution in [0.3, 0.4) is 0 Å². The fourth-order valence-corrected chi connectivity index (χ4v) is 10.5. The number of phosphoric ester groups is 1. The van der Waals surface area contributed by atoms with Crippen molar-refractivity contribution >= 4 is 19.8 Å². The predicted octanol–water partition coefficient (Wildman–Crippen LogP) is 3.15. The summed E-state index contributed by atoms with van der Waals surface area (Å²) < 4.78 is 58.0. The summed E-state index contributed by atoms with van der Waals surface area (Å²) in [7, 11) is -5.63. The maximum atomic E-state index is 14.0. The summed E-state index contributed by atoms with van der Waals surface area (Å²) in [5.41, 5.74) is 0. The molecule has 0 aromatic carbocycles. The average molecular weight is 1130 g/mol. The van der Waals surface area contributed by atoms with Gasteiger partial charge in [-0.3, -0.25) is 18.6 Å². The molecule has 0 amide bonds. The number of phosphoric acid groups is 1. The van der Waals surface area contributed by atoms with E-state index in [1.165, 1.54) is 57.8 Å². The van der Waals surface area contributed by atoms with E-state index >= 15 is 0 Å². The van der Waals surface area contributed by atoms with Crippen LogP contribution in [-0.2, 0) is 51.6 Å². The number of rotatable bonds is 41. The number of allylic oxidation sites excluding steroid dienone is 2. The molecule has 3 rings (SSSR count). The largest absolute Gasteiger partial charge is 0.472 e. The fourth-order valence-electron chi connectivity index (χ4n) is 9.53. The summed E-state index contributed by atoms with van der Waals surface area (Å²) in [6, 6.07) is 0. The molecule has 3 fully saturated rings. The molecule has 16 atom stereocenters. The monoisotopic (exact) mass is 1130 g/mol. The Balaban J connectivity index is 1.72. The second kappa shape index (κ2) is 38.8. The molecule has 452 valence electrons. The third-order valence-corrected chi connectivity index (χ3v) is 15.3. The number of hydrogen-bond donors (Lipinski definition) is 12. The van der Waals surface area contributed by atoms with Gasteiger partial charge in [0.1, 0.15) is 92.1 Å². The van der Waals surface area contributed by atoms with Crippen molar-refractivity contribution in [3.8, 4) is 0 Å². The molecule has 12 N–H and O–H groups in total. The van der Waals surface area contributed by atoms with Crippen LogP contribution in [0.4, 0.5) is 0 Å². The third-order valence-electron chi connectivity index (χ3n) is 14.3. The maximum Gasteiger partial charge on any atom is 0.472 e. The number of aliphatic hydroxyl groups excluding tert-OH is 11. The van der Waals surface area contributed by atoms with Gasteiger partial charge in [0.05, 0.1) is 19.8 Å². The highest BCUT2D eigenvalue weighted by atomic mass is 31.2. The van der Waals surface area contributed by atoms with Gasteiger partial charge in [0.15, 0.2) is 18.7 Å². The highest BCUT2D eigenvalue weighted by Crippen LogP contribution is 2.49. The average Bonchev–Trinajstić information content (AvgIpc) is 3.41. The summed E-state index contributed by atoms with van der Waals surface area (Å²) in [4.78, 5) is 37.4. The zero-order valence-electron chi connectivity index (χ0n) is 45.5. The Labute approximate surface area is 454 Å². The molecular formula is C53H97O23P. The Morgan fingerprint density at radius 3 is 1.29 bits per heavy atom. The predicted molar refractivity (Wildman–Crippen MR) is 277 cm³/mol. The molecule has 1 saturated carbocycles. The van der Waals surface area contributed by atoms with Crippen LogP contribution < -0.4 is 0 Å². The summed E-state index contributed by atoms with van der Waals surface area (Å²) in [6.45, 7) is 0.968. The molecule has 2 aliphatic heterocycles. The minimum Gasteiger partial charge on any atom is -0.462 e. The second-order valence-electron chi connectivity index (χ2n) is 20.8. The first-order valence-corrected chi connectivity index (χ1v) is 30.0. The van der Waals surface area contributed by atoms with Crippen molar-refractivity contribution in [2.45, 2.75) is 285 Å². The Morgan fingerprint density at radius 1 is 0.481 bits per heavy atom. The van der Waals surface area contributed by atoms with Gasteiger partial charge in [0.2, 0.25) is 0 Å². The summed E-state index contributed by atoms with van der Waals surface area (Å²) in [5, 5.41) is 116. The van der Waals surface area contributed by atoms with Gasteiger partial charge in [-0.2, -0.15) is 0 Å². The Hall–Kier alpha value is -1.81. The van der Waals surface area contributed by atoms with Crippen LogP contribution in [0, 0.1) is 0 Å². The minimum atomic E-state index is -5.63. The summed E-state index contributed by atoms with van der Waals surface area (Å²) in [6.07, 6.45) is -5.01. The first-order valence-electron chi connectivity index (χ1n) is 28.5. The van der Waals surface area contributed by atoms with Crippen LogP contribution in [0.5, 0.6) is 0 Å². The van der Waals surface area contributed by atoms with Gasteiger partial charge in [0, 0.05) is 12.8 Å². The molecule has 2 saturated heterocycles. The maximum absolute atomic E-state index is 14.0. The number of carbonyl (C=O) groups excluding carboxylic acids is 2. The van der Waals surface area contributed by atoms with Crippen LogP contribution in [0.25, 0.3) is 0 Å². The van der Waals surface area contributed by atoms with Gasteiger partial charge in [-0.25, -0.2) is 4.57 Å². The van der Waals surface area contributed by atoms with Crippen molar-refractivity contribution in [3.63, 3.8) is 0 Å². The number of esters is 2. The number of ether oxygens (including phenoxy) is 6. The zero-order chi connectivity index (χ0) is 56.8. The fraction of sp³-hybridized carbons (Fsp3) is 0.925. The molecule has 0 bridgehead atoms. The molecule has 16 unspecified atom stereocenters. The smallest absolute Gasteiger partial charge is 0.462 e. The van der Waals surface area contributed by atoms with Crippen molar-refractivity contribution in [2.24, 2.45) is 0 Å². The van der Waals surface area contributed by atoms with Crippen molar-refractivity contribution in [2.75, 3.05) is 26.4 Å². The van der Waals surface area contributed by atoms with Crippen molar-refractivity contribution in [1.29, 1.82) is 0 Å². The van der Waals surface area contributed by atoms with Gasteiger partial charge in [-0.05, 0) is 38.5 Å². The molecule has 0 aromatic rings. The molecule has 77 heavy (non-hydrogen) atoms. The topological polar surface area (TPSA) is 368 Å². The number of aliphatic hydroxyl groups is 11. The highest BCUT2D eigenvalue weighted by Gasteiger charge is 2.58. The van der Waals surface area contributed by atoms with E-state index in [1.807, 2.05) is 0 Å². The molecule has 0 radical (unpaired) electrons. The molecular weight excluding hydrogens is 1040 g/mol. The van der Waals surface area contributed by atoms with Gasteiger partial charge < -0.3 is 89.5 Å². The van der Waals surface area contributed by atoms with Crippen LogP contribution in [-0.4, -0.2) is 204 Å². The lowest BCUT2D eigenvalue weighted by Crippen LogP contribution is -2.69. The molecule has 0 aromatic heterocycles. The van der Waals surface area contributed by atoms with Gasteiger partial charge in [-0.1, -0.05) is 142 Å². The SMILES string of the molecule is CCCCCCC=CCCCCCCCCCC(=O)OCC(COP(=O)(O)OC1C(OC2OC(CO)C(O)C(O)C2O)C(O)C(O)C(O)C1OC1OC(CO)C(O)C(O)C1O)OC(=O)CCCCCCCCCCCCC. The standard InChI is InChI=1S/C53H97O23P/c1-3-5-7-9-11-13-15-16-17-18-20-21-23-25-27-29-38(56)69-33-35(71-39(57)30-28-26-24-22-19-14-12-10-8-6-4-2)34-70-77(67,68)76-51-49(74-52-47(65)42(60)40(58)36(31-54)72-52)45(63)44(62)46(64)50(51)75-53-48(66)43(61)41(59)37(32-55)73-53/h13,15,35-37,40-55,58-66H,3-12,14,16-34H2,1-2H3,(H,67,68). The first kappa shape index (κ1) is 69.5. The van der Waals surface area contributed by atoms with E-state index in [1.54, 1.807) is 0 Å². The van der Waals surface area contributed by atoms with E-state index < -0.39 is 150 Å². The van der Waals surface area contributed by atoms with Crippen molar-refractivity contribution in [1.82, 2.24) is 0 Å². The Kier molecular flexibility index (Phi) is 35.0. The second-order valence-corrected chi connectivity index (χ2v) is 22.2. The Morgan fingerprint density at radius 2 is 0.857 bits per heavy atom. The molecule has 24 heteroatoms. The first-order chi connectivity index (χ1) is 36.9. The lowest BCUT2D eigenvalue weighted by molar-refractivity contribution is -0.360. The normalized spacial score (nSPS) is 32.0. The van der Waals surface area contributed by atoms with Crippen LogP contribution in [0.15, 0.2) is 12.2 Å². The van der Waals surface area contributed by atoms with Crippen LogP contribution >= 0.6 is 7.82 Å². The van der Waals surface area contributed by atoms with Crippen molar-refractivity contribution in [3.05, 3.63) is 12.2 Å². The minimum absolute atomic E-state index is 0.0291. The number of unbranched alkanes of at least 4 members (excludes halogenated alkanes) is 21. The molecule has 1 aliphatic carbocycles. The van der Waals surface area contributed by atoms with E-state index in [0.717, 1.165) is 83.5 Å². The summed E-state index contributed by atoms with van der Waals surface area (Å²) in [5.74, 6) is -1.34. The van der Waals surface area contributed by atoms with E-state index in [2.05, 4.69) is 26.0 Å². The van der Waals surface area contributed by atoms with E-state index in [0.29, 0.717) is 12.8 Å². The lowest BCUT2D eigenvalue weighted by Gasteiger charge is -2.49. The van der Waals surface area contributed by atoms with Gasteiger partial charge >= 0.3 is 19.8 Å². The quantitative estimate of drug-likeness (QED) is 0.0181. The van der Waals surface area contributed by atoms with Crippen LogP contribution in [0.1, 0.15) is 181 Å². The summed E-state index contributed by atoms with van der Waals surface area (Å²) >= 11 is 0. The Bertz CT molecular complexity index is 1590. The highest BCUT2D eigenvalue weighted by molar-refractivity contribution is 7.47. The van der Waals surface area contributed by atoms with E-state index in [9.17, 15) is 75.2 Å². The molecule has 2 heterocycles. The lowest BCUT2D eigenvalue weighted by atomic mass is 9.84. The molecule has 23 nitrogen and oxygen atoms in total. The van der Waals surface area contributed by atoms with Crippen molar-refractivity contribution < 1.29 is 113 Å². The third kappa shape index (κ3) is 25.1. The van der Waals surface area contributed by atoms with Crippen LogP contribution in [0.2, 0.25) is 0 Å². The number of carbonyl (C=O) groups is 2. The zero-order valence-corrected chi connectivity index (χ0v) is 46.4. The van der Waals surface area contributed by atoms with E-state index in [-0.39, 0.29) is 12.8 Å². The molecule has 0 spiro atoms. The number of hydrogen-bond acceptors (Lipinski definition) is 22. The molecule has 3 aliphatic rings. The van der Waals surface area contributed by atoms with Gasteiger partial charge in [-0.15, -0.1) is 0 Å². The van der Waals surface area contributed by atoms with Gasteiger partial charge in [0.25, 0.3) is 0 Å². The van der Waals surface area contributed by atoms with E-state index in [4.69, 9.17) is 37.5 Å².